The molecule has 2 aromatic rings. The Balaban J connectivity index is 1.44. The van der Waals surface area contributed by atoms with E-state index in [2.05, 4.69) is 52.5 Å². The first-order chi connectivity index (χ1) is 11.7. The third-order valence-electron chi connectivity index (χ3n) is 4.26. The Kier molecular flexibility index (Phi) is 5.43. The van der Waals surface area contributed by atoms with Crippen LogP contribution in [0.2, 0.25) is 0 Å². The molecule has 1 fully saturated rings. The summed E-state index contributed by atoms with van der Waals surface area (Å²) in [5.41, 5.74) is 2.60. The highest BCUT2D eigenvalue weighted by atomic mass is 16.3. The summed E-state index contributed by atoms with van der Waals surface area (Å²) >= 11 is 0. The van der Waals surface area contributed by atoms with Crippen molar-refractivity contribution in [2.24, 2.45) is 5.92 Å². The third kappa shape index (κ3) is 4.55. The van der Waals surface area contributed by atoms with Gasteiger partial charge in [-0.1, -0.05) is 42.0 Å². The van der Waals surface area contributed by atoms with Crippen LogP contribution in [0.1, 0.15) is 29.5 Å². The fourth-order valence-electron chi connectivity index (χ4n) is 3.11. The number of carbonyl (C=O) groups is 1. The quantitative estimate of drug-likeness (QED) is 0.887. The Bertz CT molecular complexity index is 680. The van der Waals surface area contributed by atoms with E-state index in [4.69, 9.17) is 4.42 Å². The minimum atomic E-state index is -0.189. The van der Waals surface area contributed by atoms with Gasteiger partial charge in [0, 0.05) is 19.6 Å². The first-order valence-electron chi connectivity index (χ1n) is 8.32. The van der Waals surface area contributed by atoms with Crippen LogP contribution in [0.5, 0.6) is 0 Å². The summed E-state index contributed by atoms with van der Waals surface area (Å²) in [7, 11) is 0. The Morgan fingerprint density at radius 2 is 2.25 bits per heavy atom. The lowest BCUT2D eigenvalue weighted by molar-refractivity contribution is 0.0919. The number of nitrogens with zero attached hydrogens (tertiary/aromatic N) is 2. The van der Waals surface area contributed by atoms with Gasteiger partial charge < -0.3 is 9.73 Å². The van der Waals surface area contributed by atoms with Gasteiger partial charge in [-0.25, -0.2) is 4.98 Å². The van der Waals surface area contributed by atoms with Crippen LogP contribution >= 0.6 is 0 Å². The van der Waals surface area contributed by atoms with Crippen molar-refractivity contribution in [3.63, 3.8) is 0 Å². The van der Waals surface area contributed by atoms with E-state index < -0.39 is 0 Å². The summed E-state index contributed by atoms with van der Waals surface area (Å²) in [6.45, 7) is 5.91. The highest BCUT2D eigenvalue weighted by molar-refractivity contribution is 5.90. The largest absolute Gasteiger partial charge is 0.438 e. The Morgan fingerprint density at radius 1 is 1.42 bits per heavy atom. The van der Waals surface area contributed by atoms with Crippen molar-refractivity contribution in [1.82, 2.24) is 15.2 Å². The van der Waals surface area contributed by atoms with Crippen LogP contribution in [0, 0.1) is 5.92 Å². The molecule has 0 bridgehead atoms. The van der Waals surface area contributed by atoms with Crippen molar-refractivity contribution in [2.45, 2.75) is 13.3 Å². The van der Waals surface area contributed by atoms with Gasteiger partial charge >= 0.3 is 0 Å². The molecular formula is C19H23N3O2. The Hall–Kier alpha value is -2.40. The predicted octanol–water partition coefficient (Wildman–Crippen LogP) is 2.83. The van der Waals surface area contributed by atoms with Crippen LogP contribution in [0.15, 0.2) is 52.9 Å². The number of carbonyl (C=O) groups excluding carboxylic acids is 1. The second kappa shape index (κ2) is 7.93. The van der Waals surface area contributed by atoms with Gasteiger partial charge in [0.25, 0.3) is 5.91 Å². The van der Waals surface area contributed by atoms with Crippen LogP contribution in [0.4, 0.5) is 0 Å². The number of hydrogen-bond acceptors (Lipinski definition) is 4. The molecule has 0 spiro atoms. The van der Waals surface area contributed by atoms with Crippen LogP contribution < -0.4 is 5.32 Å². The number of likely N-dealkylation sites (tertiary alicyclic amines) is 1. The second-order valence-corrected chi connectivity index (χ2v) is 6.37. The number of oxazole rings is 1. The van der Waals surface area contributed by atoms with Gasteiger partial charge in [-0.3, -0.25) is 9.69 Å². The molecule has 1 aliphatic rings. The van der Waals surface area contributed by atoms with E-state index in [1.165, 1.54) is 23.7 Å². The molecule has 1 N–H and O–H groups in total. The standard InChI is InChI=1S/C19H23N3O2/c1-15(9-16-5-3-2-4-6-16)12-22-8-7-17(13-22)10-21-19(23)18-11-20-14-24-18/h2-6,9,11,14,17H,7-8,10,12-13H2,1H3,(H,21,23). The predicted molar refractivity (Wildman–Crippen MR) is 93.5 cm³/mol. The van der Waals surface area contributed by atoms with E-state index in [9.17, 15) is 4.79 Å². The van der Waals surface area contributed by atoms with Crippen molar-refractivity contribution in [1.29, 1.82) is 0 Å². The smallest absolute Gasteiger partial charge is 0.288 e. The third-order valence-corrected chi connectivity index (χ3v) is 4.26. The van der Waals surface area contributed by atoms with E-state index in [1.807, 2.05) is 6.07 Å². The minimum absolute atomic E-state index is 0.189. The molecule has 1 saturated heterocycles. The second-order valence-electron chi connectivity index (χ2n) is 6.37. The van der Waals surface area contributed by atoms with E-state index in [1.54, 1.807) is 0 Å². The molecule has 1 aromatic carbocycles. The Morgan fingerprint density at radius 3 is 3.00 bits per heavy atom. The Labute approximate surface area is 142 Å². The number of benzene rings is 1. The van der Waals surface area contributed by atoms with Crippen molar-refractivity contribution >= 4 is 12.0 Å². The molecule has 24 heavy (non-hydrogen) atoms. The van der Waals surface area contributed by atoms with Gasteiger partial charge in [0.1, 0.15) is 0 Å². The average molecular weight is 325 g/mol. The summed E-state index contributed by atoms with van der Waals surface area (Å²) in [6.07, 6.45) is 6.05. The molecule has 3 rings (SSSR count). The van der Waals surface area contributed by atoms with E-state index in [0.29, 0.717) is 12.5 Å². The fourth-order valence-corrected chi connectivity index (χ4v) is 3.11. The highest BCUT2D eigenvalue weighted by Crippen LogP contribution is 2.17. The molecule has 2 heterocycles. The number of aromatic nitrogens is 1. The molecule has 126 valence electrons. The summed E-state index contributed by atoms with van der Waals surface area (Å²) in [5.74, 6) is 0.569. The number of rotatable bonds is 6. The van der Waals surface area contributed by atoms with Gasteiger partial charge in [-0.15, -0.1) is 0 Å². The average Bonchev–Trinajstić information content (AvgIpc) is 3.25. The fraction of sp³-hybridized carbons (Fsp3) is 0.368. The molecule has 0 radical (unpaired) electrons. The zero-order chi connectivity index (χ0) is 16.8. The molecular weight excluding hydrogens is 302 g/mol. The van der Waals surface area contributed by atoms with Gasteiger partial charge in [0.05, 0.1) is 6.20 Å². The molecule has 0 saturated carbocycles. The number of nitrogens with one attached hydrogen (secondary N) is 1. The molecule has 0 aliphatic carbocycles. The molecule has 1 aliphatic heterocycles. The SMILES string of the molecule is CC(=Cc1ccccc1)CN1CCC(CNC(=O)c2cnco2)C1. The first-order valence-corrected chi connectivity index (χ1v) is 8.32. The van der Waals surface area contributed by atoms with Gasteiger partial charge in [0.2, 0.25) is 5.76 Å². The maximum absolute atomic E-state index is 11.9. The molecule has 1 unspecified atom stereocenters. The minimum Gasteiger partial charge on any atom is -0.438 e. The highest BCUT2D eigenvalue weighted by Gasteiger charge is 2.23. The van der Waals surface area contributed by atoms with E-state index >= 15 is 0 Å². The zero-order valence-electron chi connectivity index (χ0n) is 13.9. The maximum Gasteiger partial charge on any atom is 0.288 e. The monoisotopic (exact) mass is 325 g/mol. The maximum atomic E-state index is 11.9. The van der Waals surface area contributed by atoms with Crippen molar-refractivity contribution in [3.8, 4) is 0 Å². The van der Waals surface area contributed by atoms with Gasteiger partial charge in [0.15, 0.2) is 6.39 Å². The van der Waals surface area contributed by atoms with Crippen LogP contribution in [-0.2, 0) is 0 Å². The van der Waals surface area contributed by atoms with Crippen molar-refractivity contribution in [2.75, 3.05) is 26.2 Å². The molecule has 1 amide bonds. The lowest BCUT2D eigenvalue weighted by atomic mass is 10.1. The van der Waals surface area contributed by atoms with Crippen LogP contribution in [-0.4, -0.2) is 42.0 Å². The van der Waals surface area contributed by atoms with Crippen LogP contribution in [0.25, 0.3) is 6.08 Å². The van der Waals surface area contributed by atoms with Crippen molar-refractivity contribution in [3.05, 3.63) is 59.8 Å². The van der Waals surface area contributed by atoms with E-state index in [-0.39, 0.29) is 11.7 Å². The van der Waals surface area contributed by atoms with E-state index in [0.717, 1.165) is 26.1 Å². The molecule has 1 atom stereocenters. The summed E-state index contributed by atoms with van der Waals surface area (Å²) in [5, 5.41) is 2.93. The summed E-state index contributed by atoms with van der Waals surface area (Å²) in [6, 6.07) is 10.4. The summed E-state index contributed by atoms with van der Waals surface area (Å²) in [4.78, 5) is 18.1. The van der Waals surface area contributed by atoms with Crippen LogP contribution in [0.3, 0.4) is 0 Å². The topological polar surface area (TPSA) is 58.4 Å². The van der Waals surface area contributed by atoms with Gasteiger partial charge in [-0.2, -0.15) is 0 Å². The molecule has 5 nitrogen and oxygen atoms in total. The first kappa shape index (κ1) is 16.5. The molecule has 5 heteroatoms. The lowest BCUT2D eigenvalue weighted by Gasteiger charge is -2.16. The van der Waals surface area contributed by atoms with Gasteiger partial charge in [-0.05, 0) is 31.4 Å². The number of amides is 1. The van der Waals surface area contributed by atoms with Crippen molar-refractivity contribution < 1.29 is 9.21 Å². The summed E-state index contributed by atoms with van der Waals surface area (Å²) < 4.78 is 5.00. The number of hydrogen-bond donors (Lipinski definition) is 1. The normalized spacial score (nSPS) is 18.7. The zero-order valence-corrected chi connectivity index (χ0v) is 13.9. The lowest BCUT2D eigenvalue weighted by Crippen LogP contribution is -2.31. The molecule has 1 aromatic heterocycles.